The van der Waals surface area contributed by atoms with Crippen LogP contribution in [0.15, 0.2) is 5.38 Å². The van der Waals surface area contributed by atoms with E-state index in [1.807, 2.05) is 12.3 Å². The van der Waals surface area contributed by atoms with Gasteiger partial charge in [-0.05, 0) is 19.9 Å². The van der Waals surface area contributed by atoms with Crippen molar-refractivity contribution < 1.29 is 9.90 Å². The molecule has 0 radical (unpaired) electrons. The maximum absolute atomic E-state index is 10.8. The van der Waals surface area contributed by atoms with Crippen LogP contribution in [-0.2, 0) is 11.2 Å². The first-order chi connectivity index (χ1) is 6.63. The normalized spacial score (nSPS) is 12.7. The summed E-state index contributed by atoms with van der Waals surface area (Å²) in [7, 11) is 0. The molecule has 0 aromatic carbocycles. The number of aliphatic carboxylic acids is 1. The summed E-state index contributed by atoms with van der Waals surface area (Å²) in [6.45, 7) is 2.31. The van der Waals surface area contributed by atoms with Gasteiger partial charge in [-0.1, -0.05) is 0 Å². The van der Waals surface area contributed by atoms with Gasteiger partial charge in [0.05, 0.1) is 16.6 Å². The topological polar surface area (TPSA) is 76.2 Å². The largest absolute Gasteiger partial charge is 0.481 e. The first kappa shape index (κ1) is 11.1. The van der Waals surface area contributed by atoms with Crippen molar-refractivity contribution in [2.24, 2.45) is 11.7 Å². The zero-order valence-corrected chi connectivity index (χ0v) is 8.88. The molecule has 14 heavy (non-hydrogen) atoms. The fraction of sp³-hybridized carbons (Fsp3) is 0.556. The Kier molecular flexibility index (Phi) is 4.03. The molecule has 1 aromatic rings. The van der Waals surface area contributed by atoms with Crippen LogP contribution in [0.4, 0.5) is 0 Å². The molecule has 0 aliphatic carbocycles. The van der Waals surface area contributed by atoms with Gasteiger partial charge in [-0.15, -0.1) is 11.3 Å². The first-order valence-corrected chi connectivity index (χ1v) is 5.35. The van der Waals surface area contributed by atoms with E-state index in [-0.39, 0.29) is 0 Å². The lowest BCUT2D eigenvalue weighted by Gasteiger charge is -2.08. The van der Waals surface area contributed by atoms with Gasteiger partial charge in [-0.2, -0.15) is 0 Å². The van der Waals surface area contributed by atoms with Crippen LogP contribution in [0, 0.1) is 12.8 Å². The lowest BCUT2D eigenvalue weighted by molar-refractivity contribution is -0.141. The van der Waals surface area contributed by atoms with Gasteiger partial charge in [-0.25, -0.2) is 4.98 Å². The molecule has 1 unspecified atom stereocenters. The minimum atomic E-state index is -0.791. The lowest BCUT2D eigenvalue weighted by atomic mass is 10.0. The zero-order valence-electron chi connectivity index (χ0n) is 8.06. The van der Waals surface area contributed by atoms with Crippen molar-refractivity contribution in [2.45, 2.75) is 19.8 Å². The Morgan fingerprint density at radius 3 is 2.93 bits per heavy atom. The number of hydrogen-bond acceptors (Lipinski definition) is 4. The highest BCUT2D eigenvalue weighted by atomic mass is 32.1. The number of aryl methyl sites for hydroxylation is 1. The van der Waals surface area contributed by atoms with E-state index >= 15 is 0 Å². The van der Waals surface area contributed by atoms with E-state index in [2.05, 4.69) is 4.98 Å². The third kappa shape index (κ3) is 3.08. The van der Waals surface area contributed by atoms with Crippen LogP contribution >= 0.6 is 11.3 Å². The van der Waals surface area contributed by atoms with Crippen LogP contribution in [0.1, 0.15) is 17.1 Å². The summed E-state index contributed by atoms with van der Waals surface area (Å²) in [6.07, 6.45) is 0.989. The Bertz CT molecular complexity index is 312. The smallest absolute Gasteiger partial charge is 0.306 e. The molecular formula is C9H14N2O2S. The van der Waals surface area contributed by atoms with E-state index in [0.717, 1.165) is 10.7 Å². The molecule has 0 aliphatic heterocycles. The van der Waals surface area contributed by atoms with Gasteiger partial charge in [0.25, 0.3) is 0 Å². The average Bonchev–Trinajstić information content (AvgIpc) is 2.50. The van der Waals surface area contributed by atoms with Crippen molar-refractivity contribution in [1.29, 1.82) is 0 Å². The minimum absolute atomic E-state index is 0.401. The molecule has 0 bridgehead atoms. The number of nitrogens with zero attached hydrogens (tertiary/aromatic N) is 1. The van der Waals surface area contributed by atoms with Crippen LogP contribution in [0.2, 0.25) is 0 Å². The summed E-state index contributed by atoms with van der Waals surface area (Å²) in [4.78, 5) is 15.1. The standard InChI is InChI=1S/C9H14N2O2S/c1-6-11-8(5-14-6)4-7(2-3-10)9(12)13/h5,7H,2-4,10H2,1H3,(H,12,13). The quantitative estimate of drug-likeness (QED) is 0.768. The summed E-state index contributed by atoms with van der Waals surface area (Å²) < 4.78 is 0. The molecule has 0 aliphatic rings. The number of hydrogen-bond donors (Lipinski definition) is 2. The molecule has 1 rings (SSSR count). The summed E-state index contributed by atoms with van der Waals surface area (Å²) in [5.74, 6) is -1.19. The zero-order chi connectivity index (χ0) is 10.6. The number of carboxylic acids is 1. The number of nitrogens with two attached hydrogens (primary N) is 1. The van der Waals surface area contributed by atoms with Gasteiger partial charge >= 0.3 is 5.97 Å². The van der Waals surface area contributed by atoms with E-state index in [4.69, 9.17) is 10.8 Å². The predicted molar refractivity (Wildman–Crippen MR) is 55.4 cm³/mol. The van der Waals surface area contributed by atoms with Crippen LogP contribution < -0.4 is 5.73 Å². The fourth-order valence-electron chi connectivity index (χ4n) is 1.27. The highest BCUT2D eigenvalue weighted by molar-refractivity contribution is 7.09. The Morgan fingerprint density at radius 2 is 2.50 bits per heavy atom. The molecule has 5 heteroatoms. The van der Waals surface area contributed by atoms with Crippen LogP contribution in [0.5, 0.6) is 0 Å². The molecule has 1 aromatic heterocycles. The van der Waals surface area contributed by atoms with Crippen LogP contribution in [0.25, 0.3) is 0 Å². The third-order valence-electron chi connectivity index (χ3n) is 1.99. The molecule has 1 atom stereocenters. The molecule has 4 nitrogen and oxygen atoms in total. The molecule has 78 valence electrons. The van der Waals surface area contributed by atoms with Crippen LogP contribution in [-0.4, -0.2) is 22.6 Å². The van der Waals surface area contributed by atoms with Gasteiger partial charge in [0.2, 0.25) is 0 Å². The lowest BCUT2D eigenvalue weighted by Crippen LogP contribution is -2.20. The Balaban J connectivity index is 2.59. The van der Waals surface area contributed by atoms with Gasteiger partial charge in [-0.3, -0.25) is 4.79 Å². The van der Waals surface area contributed by atoms with Crippen molar-refractivity contribution >= 4 is 17.3 Å². The van der Waals surface area contributed by atoms with Crippen molar-refractivity contribution in [1.82, 2.24) is 4.98 Å². The van der Waals surface area contributed by atoms with Gasteiger partial charge in [0.1, 0.15) is 0 Å². The molecule has 0 fully saturated rings. The van der Waals surface area contributed by atoms with E-state index < -0.39 is 11.9 Å². The van der Waals surface area contributed by atoms with Gasteiger partial charge in [0.15, 0.2) is 0 Å². The number of thiazole rings is 1. The second-order valence-electron chi connectivity index (χ2n) is 3.17. The number of carbonyl (C=O) groups is 1. The average molecular weight is 214 g/mol. The van der Waals surface area contributed by atoms with Crippen molar-refractivity contribution in [3.8, 4) is 0 Å². The second kappa shape index (κ2) is 5.07. The fourth-order valence-corrected chi connectivity index (χ4v) is 1.89. The van der Waals surface area contributed by atoms with Crippen molar-refractivity contribution in [3.05, 3.63) is 16.1 Å². The Labute approximate surface area is 86.8 Å². The Morgan fingerprint density at radius 1 is 1.79 bits per heavy atom. The summed E-state index contributed by atoms with van der Waals surface area (Å²) in [6, 6.07) is 0. The van der Waals surface area contributed by atoms with Crippen molar-refractivity contribution in [2.75, 3.05) is 6.54 Å². The molecule has 0 amide bonds. The number of aromatic nitrogens is 1. The second-order valence-corrected chi connectivity index (χ2v) is 4.24. The minimum Gasteiger partial charge on any atom is -0.481 e. The summed E-state index contributed by atoms with van der Waals surface area (Å²) in [5.41, 5.74) is 6.20. The van der Waals surface area contributed by atoms with Crippen LogP contribution in [0.3, 0.4) is 0 Å². The Hall–Kier alpha value is -0.940. The highest BCUT2D eigenvalue weighted by Gasteiger charge is 2.18. The summed E-state index contributed by atoms with van der Waals surface area (Å²) in [5, 5.41) is 11.8. The number of rotatable bonds is 5. The highest BCUT2D eigenvalue weighted by Crippen LogP contribution is 2.14. The maximum atomic E-state index is 10.8. The third-order valence-corrected chi connectivity index (χ3v) is 2.81. The first-order valence-electron chi connectivity index (χ1n) is 4.47. The monoisotopic (exact) mass is 214 g/mol. The van der Waals surface area contributed by atoms with Gasteiger partial charge in [0, 0.05) is 11.8 Å². The molecule has 0 spiro atoms. The number of carboxylic acid groups (broad SMARTS) is 1. The van der Waals surface area contributed by atoms with E-state index in [9.17, 15) is 4.79 Å². The summed E-state index contributed by atoms with van der Waals surface area (Å²) >= 11 is 1.54. The molecular weight excluding hydrogens is 200 g/mol. The maximum Gasteiger partial charge on any atom is 0.306 e. The van der Waals surface area contributed by atoms with E-state index in [0.29, 0.717) is 19.4 Å². The molecule has 3 N–H and O–H groups in total. The van der Waals surface area contributed by atoms with Crippen molar-refractivity contribution in [3.63, 3.8) is 0 Å². The SMILES string of the molecule is Cc1nc(CC(CCN)C(=O)O)cs1. The molecule has 0 saturated carbocycles. The van der Waals surface area contributed by atoms with E-state index in [1.165, 1.54) is 0 Å². The predicted octanol–water partition coefficient (Wildman–Crippen LogP) is 1.04. The molecule has 0 saturated heterocycles. The molecule has 1 heterocycles. The van der Waals surface area contributed by atoms with E-state index in [1.54, 1.807) is 11.3 Å². The van der Waals surface area contributed by atoms with Gasteiger partial charge < -0.3 is 10.8 Å².